The first-order chi connectivity index (χ1) is 17.1. The van der Waals surface area contributed by atoms with E-state index in [1.54, 1.807) is 37.3 Å². The minimum Gasteiger partial charge on any atom is -0.366 e. The number of fused-ring (bicyclic) bond motifs is 1. The number of carbonyl (C=O) groups excluding carboxylic acids is 2. The molecule has 0 aliphatic rings. The van der Waals surface area contributed by atoms with Crippen LogP contribution in [0.1, 0.15) is 44.8 Å². The topological polar surface area (TPSA) is 110 Å². The van der Waals surface area contributed by atoms with E-state index < -0.39 is 52.3 Å². The van der Waals surface area contributed by atoms with Gasteiger partial charge >= 0.3 is 0 Å². The number of amides is 2. The van der Waals surface area contributed by atoms with Gasteiger partial charge < -0.3 is 16.4 Å². The Kier molecular flexibility index (Phi) is 6.56. The van der Waals surface area contributed by atoms with Gasteiger partial charge in [0.05, 0.1) is 17.1 Å². The largest absolute Gasteiger partial charge is 0.366 e. The number of anilines is 2. The number of rotatable bonds is 6. The third-order valence-electron chi connectivity index (χ3n) is 5.64. The van der Waals surface area contributed by atoms with Gasteiger partial charge in [0.2, 0.25) is 0 Å². The lowest BCUT2D eigenvalue weighted by molar-refractivity contribution is 0.0997. The maximum atomic E-state index is 14.4. The maximum absolute atomic E-state index is 14.4. The number of carbonyl (C=O) groups is 2. The molecule has 1 aromatic heterocycles. The second kappa shape index (κ2) is 9.61. The third kappa shape index (κ3) is 4.42. The molecule has 0 bridgehead atoms. The smallest absolute Gasteiger partial charge is 0.261 e. The van der Waals surface area contributed by atoms with Gasteiger partial charge in [-0.15, -0.1) is 0 Å². The first-order valence-corrected chi connectivity index (χ1v) is 10.6. The summed E-state index contributed by atoms with van der Waals surface area (Å²) in [6.07, 6.45) is 1.29. The van der Waals surface area contributed by atoms with Crippen molar-refractivity contribution in [1.82, 2.24) is 9.97 Å². The van der Waals surface area contributed by atoms with E-state index in [0.717, 1.165) is 6.92 Å². The summed E-state index contributed by atoms with van der Waals surface area (Å²) in [6, 6.07) is 10.9. The molecule has 0 saturated heterocycles. The van der Waals surface area contributed by atoms with E-state index in [-0.39, 0.29) is 11.3 Å². The zero-order chi connectivity index (χ0) is 26.1. The lowest BCUT2D eigenvalue weighted by Gasteiger charge is -2.18. The molecule has 0 aliphatic carbocycles. The zero-order valence-electron chi connectivity index (χ0n) is 19.0. The first-order valence-electron chi connectivity index (χ1n) is 10.6. The van der Waals surface area contributed by atoms with Crippen LogP contribution in [0, 0.1) is 30.2 Å². The molecule has 7 nitrogen and oxygen atoms in total. The van der Waals surface area contributed by atoms with Gasteiger partial charge in [-0.1, -0.05) is 18.2 Å². The molecule has 1 heterocycles. The van der Waals surface area contributed by atoms with Crippen molar-refractivity contribution in [1.29, 1.82) is 0 Å². The summed E-state index contributed by atoms with van der Waals surface area (Å²) in [5.41, 5.74) is 4.82. The number of benzene rings is 3. The van der Waals surface area contributed by atoms with E-state index >= 15 is 0 Å². The van der Waals surface area contributed by atoms with Gasteiger partial charge in [0, 0.05) is 16.6 Å². The second-order valence-corrected chi connectivity index (χ2v) is 7.99. The van der Waals surface area contributed by atoms with Crippen molar-refractivity contribution in [2.75, 3.05) is 10.6 Å². The van der Waals surface area contributed by atoms with Crippen molar-refractivity contribution in [2.24, 2.45) is 5.73 Å². The van der Waals surface area contributed by atoms with Gasteiger partial charge in [0.1, 0.15) is 23.5 Å². The average Bonchev–Trinajstić information content (AvgIpc) is 2.86. The van der Waals surface area contributed by atoms with Gasteiger partial charge in [-0.3, -0.25) is 9.59 Å². The van der Waals surface area contributed by atoms with Gasteiger partial charge in [-0.05, 0) is 43.7 Å². The molecule has 4 aromatic rings. The Morgan fingerprint density at radius 3 is 2.39 bits per heavy atom. The number of para-hydroxylation sites is 1. The lowest BCUT2D eigenvalue weighted by Crippen LogP contribution is -2.19. The standard InChI is InChI=1S/C25H19F4N5O2/c1-11-18(26)17(20(28)21(29)19(11)27)25(36)34-14-6-3-5-13(9-14)12(2)33-24-16-8-4-7-15(23(30)35)22(16)31-10-32-24/h3-10,12H,1-2H3,(H2,30,35)(H,34,36)(H,31,32,33)/t12-/m1/s1. The van der Waals surface area contributed by atoms with Crippen molar-refractivity contribution in [3.8, 4) is 0 Å². The van der Waals surface area contributed by atoms with Gasteiger partial charge in [-0.25, -0.2) is 27.5 Å². The molecule has 4 rings (SSSR count). The molecule has 0 unspecified atom stereocenters. The number of nitrogens with zero attached hydrogens (tertiary/aromatic N) is 2. The fourth-order valence-corrected chi connectivity index (χ4v) is 3.72. The monoisotopic (exact) mass is 497 g/mol. The Labute approximate surface area is 202 Å². The molecule has 2 amide bonds. The summed E-state index contributed by atoms with van der Waals surface area (Å²) < 4.78 is 55.8. The number of primary amides is 1. The Hall–Kier alpha value is -4.54. The van der Waals surface area contributed by atoms with E-state index in [9.17, 15) is 27.2 Å². The zero-order valence-corrected chi connectivity index (χ0v) is 19.0. The van der Waals surface area contributed by atoms with Crippen molar-refractivity contribution >= 4 is 34.2 Å². The van der Waals surface area contributed by atoms with E-state index in [1.165, 1.54) is 18.5 Å². The van der Waals surface area contributed by atoms with Crippen molar-refractivity contribution in [2.45, 2.75) is 19.9 Å². The molecule has 4 N–H and O–H groups in total. The second-order valence-electron chi connectivity index (χ2n) is 7.99. The van der Waals surface area contributed by atoms with E-state index in [1.807, 2.05) is 0 Å². The SMILES string of the molecule is Cc1c(F)c(F)c(F)c(C(=O)Nc2cccc([C@@H](C)Nc3ncnc4c(C(N)=O)cccc34)c2)c1F. The number of aromatic nitrogens is 2. The quantitative estimate of drug-likeness (QED) is 0.197. The van der Waals surface area contributed by atoms with Crippen LogP contribution in [0.5, 0.6) is 0 Å². The molecule has 1 atom stereocenters. The molecule has 184 valence electrons. The molecule has 0 saturated carbocycles. The van der Waals surface area contributed by atoms with Gasteiger partial charge in [0.25, 0.3) is 11.8 Å². The number of nitrogens with two attached hydrogens (primary N) is 1. The van der Waals surface area contributed by atoms with Crippen LogP contribution in [0.25, 0.3) is 10.9 Å². The van der Waals surface area contributed by atoms with Gasteiger partial charge in [-0.2, -0.15) is 0 Å². The highest BCUT2D eigenvalue weighted by Crippen LogP contribution is 2.28. The summed E-state index contributed by atoms with van der Waals surface area (Å²) in [5.74, 6) is -8.50. The van der Waals surface area contributed by atoms with E-state index in [4.69, 9.17) is 5.73 Å². The van der Waals surface area contributed by atoms with E-state index in [2.05, 4.69) is 20.6 Å². The Morgan fingerprint density at radius 1 is 0.944 bits per heavy atom. The molecular formula is C25H19F4N5O2. The highest BCUT2D eigenvalue weighted by Gasteiger charge is 2.27. The Morgan fingerprint density at radius 2 is 1.67 bits per heavy atom. The average molecular weight is 497 g/mol. The minimum atomic E-state index is -1.93. The molecule has 0 fully saturated rings. The maximum Gasteiger partial charge on any atom is 0.261 e. The molecule has 0 radical (unpaired) electrons. The highest BCUT2D eigenvalue weighted by molar-refractivity contribution is 6.07. The van der Waals surface area contributed by atoms with Crippen LogP contribution in [-0.2, 0) is 0 Å². The molecule has 0 spiro atoms. The van der Waals surface area contributed by atoms with Crippen molar-refractivity contribution < 1.29 is 27.2 Å². The van der Waals surface area contributed by atoms with Crippen LogP contribution in [0.3, 0.4) is 0 Å². The number of hydrogen-bond acceptors (Lipinski definition) is 5. The van der Waals surface area contributed by atoms with Crippen LogP contribution < -0.4 is 16.4 Å². The molecule has 11 heteroatoms. The number of nitrogens with one attached hydrogen (secondary N) is 2. The van der Waals surface area contributed by atoms with Crippen LogP contribution in [0.2, 0.25) is 0 Å². The van der Waals surface area contributed by atoms with Crippen LogP contribution >= 0.6 is 0 Å². The molecule has 36 heavy (non-hydrogen) atoms. The summed E-state index contributed by atoms with van der Waals surface area (Å²) in [7, 11) is 0. The summed E-state index contributed by atoms with van der Waals surface area (Å²) in [5, 5.41) is 6.06. The predicted octanol–water partition coefficient (Wildman–Crippen LogP) is 5.02. The number of halogens is 4. The van der Waals surface area contributed by atoms with Crippen LogP contribution in [0.15, 0.2) is 48.8 Å². The first kappa shape index (κ1) is 24.6. The summed E-state index contributed by atoms with van der Waals surface area (Å²) >= 11 is 0. The van der Waals surface area contributed by atoms with Crippen LogP contribution in [-0.4, -0.2) is 21.8 Å². The highest BCUT2D eigenvalue weighted by atomic mass is 19.2. The summed E-state index contributed by atoms with van der Waals surface area (Å²) in [4.78, 5) is 32.6. The predicted molar refractivity (Wildman–Crippen MR) is 125 cm³/mol. The van der Waals surface area contributed by atoms with Crippen LogP contribution in [0.4, 0.5) is 29.1 Å². The number of hydrogen-bond donors (Lipinski definition) is 3. The minimum absolute atomic E-state index is 0.163. The molecular weight excluding hydrogens is 478 g/mol. The fraction of sp³-hybridized carbons (Fsp3) is 0.120. The molecule has 3 aromatic carbocycles. The van der Waals surface area contributed by atoms with Crippen molar-refractivity contribution in [3.05, 3.63) is 94.3 Å². The van der Waals surface area contributed by atoms with E-state index in [0.29, 0.717) is 22.3 Å². The van der Waals surface area contributed by atoms with Gasteiger partial charge in [0.15, 0.2) is 17.5 Å². The fourth-order valence-electron chi connectivity index (χ4n) is 3.72. The Balaban J connectivity index is 1.60. The lowest BCUT2D eigenvalue weighted by atomic mass is 10.1. The molecule has 0 aliphatic heterocycles. The summed E-state index contributed by atoms with van der Waals surface area (Å²) in [6.45, 7) is 2.70. The van der Waals surface area contributed by atoms with Crippen molar-refractivity contribution in [3.63, 3.8) is 0 Å². The third-order valence-corrected chi connectivity index (χ3v) is 5.64. The normalized spacial score (nSPS) is 11.8. The Bertz CT molecular complexity index is 1500.